The van der Waals surface area contributed by atoms with Crippen LogP contribution in [0.15, 0.2) is 23.3 Å². The maximum absolute atomic E-state index is 15.5. The Hall–Kier alpha value is -2.13. The van der Waals surface area contributed by atoms with Gasteiger partial charge in [0.25, 0.3) is 0 Å². The third-order valence-electron chi connectivity index (χ3n) is 7.20. The molecule has 3 aliphatic rings. The predicted molar refractivity (Wildman–Crippen MR) is 129 cm³/mol. The number of aliphatic hydroxyl groups excluding tert-OH is 1. The number of aromatic nitrogens is 2. The van der Waals surface area contributed by atoms with Gasteiger partial charge in [-0.1, -0.05) is 30.9 Å². The van der Waals surface area contributed by atoms with Crippen LogP contribution in [0.4, 0.5) is 16.0 Å². The van der Waals surface area contributed by atoms with Gasteiger partial charge in [-0.15, -0.1) is 0 Å². The van der Waals surface area contributed by atoms with Crippen molar-refractivity contribution < 1.29 is 19.3 Å². The van der Waals surface area contributed by atoms with Gasteiger partial charge in [-0.2, -0.15) is 0 Å². The topological polar surface area (TPSA) is 99.9 Å². The van der Waals surface area contributed by atoms with E-state index in [9.17, 15) is 10.2 Å². The van der Waals surface area contributed by atoms with E-state index in [4.69, 9.17) is 16.3 Å². The van der Waals surface area contributed by atoms with Crippen LogP contribution < -0.4 is 5.32 Å². The molecule has 34 heavy (non-hydrogen) atoms. The van der Waals surface area contributed by atoms with Gasteiger partial charge in [0, 0.05) is 17.6 Å². The molecule has 0 bridgehead atoms. The first-order chi connectivity index (χ1) is 16.2. The van der Waals surface area contributed by atoms with Crippen LogP contribution in [-0.2, 0) is 10.2 Å². The summed E-state index contributed by atoms with van der Waals surface area (Å²) in [6.07, 6.45) is 6.18. The Bertz CT molecular complexity index is 1130. The number of hydrogen-bond acceptors (Lipinski definition) is 7. The van der Waals surface area contributed by atoms with Gasteiger partial charge in [0.15, 0.2) is 0 Å². The van der Waals surface area contributed by atoms with Gasteiger partial charge in [-0.05, 0) is 50.8 Å². The van der Waals surface area contributed by atoms with Crippen LogP contribution in [0.25, 0.3) is 11.3 Å². The summed E-state index contributed by atoms with van der Waals surface area (Å²) in [6, 6.07) is 3.08. The maximum atomic E-state index is 15.5. The molecule has 2 unspecified atom stereocenters. The summed E-state index contributed by atoms with van der Waals surface area (Å²) in [6.45, 7) is 4.23. The van der Waals surface area contributed by atoms with Crippen molar-refractivity contribution in [2.24, 2.45) is 4.99 Å². The number of nitrogens with one attached hydrogen (secondary N) is 1. The van der Waals surface area contributed by atoms with Crippen LogP contribution in [-0.4, -0.2) is 56.9 Å². The van der Waals surface area contributed by atoms with E-state index < -0.39 is 22.9 Å². The Morgan fingerprint density at radius 2 is 2.00 bits per heavy atom. The molecule has 2 aromatic rings. The minimum absolute atomic E-state index is 0.243. The van der Waals surface area contributed by atoms with E-state index in [2.05, 4.69) is 20.3 Å². The lowest BCUT2D eigenvalue weighted by Crippen LogP contribution is -2.47. The highest BCUT2D eigenvalue weighted by atomic mass is 35.5. The molecule has 2 aliphatic heterocycles. The van der Waals surface area contributed by atoms with E-state index in [0.717, 1.165) is 37.7 Å². The quantitative estimate of drug-likeness (QED) is 0.583. The standard InChI is InChI=1S/C25H30ClFN4O3/c1-24(2,33)22-25(7-4-3-5-8-25)15-10-14(11-17(27)21(15)30-22)20-16(26)12-28-23(31-20)29-18-6-9-34-13-19(18)32/h10-12,18-19,32-33H,3-9,13H2,1-2H3,(H,28,29,31). The molecule has 182 valence electrons. The third-order valence-corrected chi connectivity index (χ3v) is 7.48. The maximum Gasteiger partial charge on any atom is 0.223 e. The average molecular weight is 489 g/mol. The molecule has 2 atom stereocenters. The van der Waals surface area contributed by atoms with Gasteiger partial charge in [0.2, 0.25) is 5.95 Å². The molecular weight excluding hydrogens is 459 g/mol. The van der Waals surface area contributed by atoms with Crippen molar-refractivity contribution in [1.82, 2.24) is 9.97 Å². The van der Waals surface area contributed by atoms with Crippen molar-refractivity contribution in [3.8, 4) is 11.3 Å². The average Bonchev–Trinajstić information content (AvgIpc) is 3.11. The van der Waals surface area contributed by atoms with Gasteiger partial charge in [-0.3, -0.25) is 4.99 Å². The smallest absolute Gasteiger partial charge is 0.223 e. The number of fused-ring (bicyclic) bond motifs is 2. The fourth-order valence-corrected chi connectivity index (χ4v) is 5.84. The largest absolute Gasteiger partial charge is 0.389 e. The van der Waals surface area contributed by atoms with Crippen molar-refractivity contribution in [2.45, 2.75) is 75.5 Å². The summed E-state index contributed by atoms with van der Waals surface area (Å²) < 4.78 is 20.7. The molecule has 7 nitrogen and oxygen atoms in total. The molecule has 1 spiro atoms. The molecule has 9 heteroatoms. The zero-order chi connectivity index (χ0) is 24.1. The van der Waals surface area contributed by atoms with E-state index in [-0.39, 0.29) is 12.6 Å². The zero-order valence-electron chi connectivity index (χ0n) is 19.4. The van der Waals surface area contributed by atoms with Crippen molar-refractivity contribution in [2.75, 3.05) is 18.5 Å². The minimum Gasteiger partial charge on any atom is -0.389 e. The molecule has 5 rings (SSSR count). The summed E-state index contributed by atoms with van der Waals surface area (Å²) in [5.41, 5.74) is 1.03. The number of aliphatic hydroxyl groups is 2. The summed E-state index contributed by atoms with van der Waals surface area (Å²) >= 11 is 6.47. The number of hydrogen-bond donors (Lipinski definition) is 3. The second kappa shape index (κ2) is 8.82. The molecule has 1 saturated carbocycles. The van der Waals surface area contributed by atoms with Gasteiger partial charge in [0.1, 0.15) is 11.5 Å². The van der Waals surface area contributed by atoms with E-state index in [1.54, 1.807) is 13.8 Å². The Labute approximate surface area is 203 Å². The highest BCUT2D eigenvalue weighted by Crippen LogP contribution is 2.53. The normalized spacial score (nSPS) is 24.1. The van der Waals surface area contributed by atoms with Crippen molar-refractivity contribution in [3.63, 3.8) is 0 Å². The van der Waals surface area contributed by atoms with Gasteiger partial charge in [-0.25, -0.2) is 14.4 Å². The van der Waals surface area contributed by atoms with Crippen LogP contribution in [0.2, 0.25) is 5.02 Å². The van der Waals surface area contributed by atoms with Gasteiger partial charge in [0.05, 0.1) is 47.0 Å². The van der Waals surface area contributed by atoms with E-state index in [1.807, 2.05) is 6.07 Å². The summed E-state index contributed by atoms with van der Waals surface area (Å²) in [5.74, 6) is -0.146. The van der Waals surface area contributed by atoms with Crippen LogP contribution in [0, 0.1) is 5.82 Å². The van der Waals surface area contributed by atoms with Crippen molar-refractivity contribution in [1.29, 1.82) is 0 Å². The first kappa shape index (κ1) is 23.6. The number of anilines is 1. The fraction of sp³-hybridized carbons (Fsp3) is 0.560. The molecule has 1 aromatic carbocycles. The highest BCUT2D eigenvalue weighted by Gasteiger charge is 2.50. The van der Waals surface area contributed by atoms with Gasteiger partial charge < -0.3 is 20.3 Å². The van der Waals surface area contributed by atoms with E-state index >= 15 is 4.39 Å². The first-order valence-corrected chi connectivity index (χ1v) is 12.3. The molecule has 3 N–H and O–H groups in total. The number of halogens is 2. The Kier molecular flexibility index (Phi) is 6.13. The lowest BCUT2D eigenvalue weighted by Gasteiger charge is -2.40. The second-order valence-electron chi connectivity index (χ2n) is 10.1. The van der Waals surface area contributed by atoms with Crippen LogP contribution in [0.1, 0.15) is 57.9 Å². The first-order valence-electron chi connectivity index (χ1n) is 11.9. The number of rotatable bonds is 4. The van der Waals surface area contributed by atoms with E-state index in [0.29, 0.717) is 46.7 Å². The lowest BCUT2D eigenvalue weighted by atomic mass is 9.64. The molecule has 1 aromatic heterocycles. The molecule has 0 amide bonds. The Balaban J connectivity index is 1.55. The number of benzene rings is 1. The van der Waals surface area contributed by atoms with Crippen molar-refractivity contribution in [3.05, 3.63) is 34.7 Å². The van der Waals surface area contributed by atoms with E-state index in [1.165, 1.54) is 12.3 Å². The van der Waals surface area contributed by atoms with Crippen LogP contribution in [0.3, 0.4) is 0 Å². The number of ether oxygens (including phenoxy) is 1. The van der Waals surface area contributed by atoms with Crippen LogP contribution in [0.5, 0.6) is 0 Å². The molecule has 2 fully saturated rings. The lowest BCUT2D eigenvalue weighted by molar-refractivity contribution is -0.0136. The summed E-state index contributed by atoms with van der Waals surface area (Å²) in [7, 11) is 0. The third kappa shape index (κ3) is 4.11. The Morgan fingerprint density at radius 3 is 2.71 bits per heavy atom. The monoisotopic (exact) mass is 488 g/mol. The minimum atomic E-state index is -1.16. The molecular formula is C25H30ClFN4O3. The summed E-state index contributed by atoms with van der Waals surface area (Å²) in [4.78, 5) is 13.5. The van der Waals surface area contributed by atoms with Crippen LogP contribution >= 0.6 is 11.6 Å². The molecule has 0 radical (unpaired) electrons. The molecule has 3 heterocycles. The summed E-state index contributed by atoms with van der Waals surface area (Å²) in [5, 5.41) is 24.6. The zero-order valence-corrected chi connectivity index (χ0v) is 20.2. The Morgan fingerprint density at radius 1 is 1.24 bits per heavy atom. The number of aliphatic imine (C=N–C) groups is 1. The SMILES string of the molecule is CC(C)(O)C1=Nc2c(F)cc(-c3nc(NC4CCOCC4O)ncc3Cl)cc2C12CCCCC2. The second-order valence-corrected chi connectivity index (χ2v) is 10.5. The van der Waals surface area contributed by atoms with Crippen molar-refractivity contribution >= 4 is 28.9 Å². The molecule has 1 saturated heterocycles. The number of nitrogens with zero attached hydrogens (tertiary/aromatic N) is 3. The highest BCUT2D eigenvalue weighted by molar-refractivity contribution is 6.33. The fourth-order valence-electron chi connectivity index (χ4n) is 5.64. The van der Waals surface area contributed by atoms with Gasteiger partial charge >= 0.3 is 0 Å². The predicted octanol–water partition coefficient (Wildman–Crippen LogP) is 4.56. The molecule has 1 aliphatic carbocycles.